The van der Waals surface area contributed by atoms with Gasteiger partial charge in [0.1, 0.15) is 5.82 Å². The monoisotopic (exact) mass is 426 g/mol. The van der Waals surface area contributed by atoms with E-state index in [1.165, 1.54) is 29.5 Å². The van der Waals surface area contributed by atoms with Crippen molar-refractivity contribution in [3.8, 4) is 0 Å². The molecule has 1 aromatic heterocycles. The van der Waals surface area contributed by atoms with Gasteiger partial charge >= 0.3 is 0 Å². The Morgan fingerprint density at radius 1 is 1.21 bits per heavy atom. The first-order valence-electron chi connectivity index (χ1n) is 8.91. The van der Waals surface area contributed by atoms with Crippen LogP contribution in [-0.4, -0.2) is 56.0 Å². The number of aryl methyl sites for hydroxylation is 1. The number of rotatable bonds is 6. The van der Waals surface area contributed by atoms with Gasteiger partial charge in [0, 0.05) is 44.8 Å². The zero-order valence-electron chi connectivity index (χ0n) is 15.6. The van der Waals surface area contributed by atoms with Crippen LogP contribution in [0.3, 0.4) is 0 Å². The van der Waals surface area contributed by atoms with Crippen LogP contribution in [0.25, 0.3) is 0 Å². The molecule has 0 unspecified atom stereocenters. The average molecular weight is 427 g/mol. The standard InChI is InChI=1S/C19H23FN4O2S.ClH/c1-13-11-16(23-18(25)14-3-2-4-15(20)12-14)27-17(13)19(26)22-7-10-24-8-5-21-6-9-24;/h2-4,11-12,21H,5-10H2,1H3,(H,22,26)(H,23,25);1H. The van der Waals surface area contributed by atoms with Gasteiger partial charge in [-0.2, -0.15) is 0 Å². The van der Waals surface area contributed by atoms with Crippen LogP contribution in [0, 0.1) is 12.7 Å². The van der Waals surface area contributed by atoms with Crippen LogP contribution in [0.5, 0.6) is 0 Å². The lowest BCUT2D eigenvalue weighted by atomic mass is 10.2. The fraction of sp³-hybridized carbons (Fsp3) is 0.368. The number of carbonyl (C=O) groups excluding carboxylic acids is 2. The van der Waals surface area contributed by atoms with E-state index in [-0.39, 0.29) is 23.9 Å². The maximum absolute atomic E-state index is 13.3. The number of benzene rings is 1. The van der Waals surface area contributed by atoms with E-state index in [0.29, 0.717) is 16.4 Å². The highest BCUT2D eigenvalue weighted by molar-refractivity contribution is 7.18. The number of hydrogen-bond acceptors (Lipinski definition) is 5. The molecule has 0 spiro atoms. The van der Waals surface area contributed by atoms with Crippen molar-refractivity contribution in [1.82, 2.24) is 15.5 Å². The number of anilines is 1. The van der Waals surface area contributed by atoms with Gasteiger partial charge in [0.2, 0.25) is 0 Å². The smallest absolute Gasteiger partial charge is 0.261 e. The minimum atomic E-state index is -0.463. The van der Waals surface area contributed by atoms with Gasteiger partial charge < -0.3 is 16.0 Å². The number of nitrogens with zero attached hydrogens (tertiary/aromatic N) is 1. The zero-order chi connectivity index (χ0) is 19.2. The Labute approximate surface area is 173 Å². The van der Waals surface area contributed by atoms with Crippen molar-refractivity contribution in [1.29, 1.82) is 0 Å². The van der Waals surface area contributed by atoms with Crippen LogP contribution in [-0.2, 0) is 0 Å². The number of amides is 2. The third-order valence-corrected chi connectivity index (χ3v) is 5.52. The summed E-state index contributed by atoms with van der Waals surface area (Å²) in [5.74, 6) is -1.00. The molecule has 2 heterocycles. The Morgan fingerprint density at radius 3 is 2.68 bits per heavy atom. The van der Waals surface area contributed by atoms with E-state index < -0.39 is 11.7 Å². The molecule has 0 bridgehead atoms. The van der Waals surface area contributed by atoms with Crippen LogP contribution >= 0.6 is 23.7 Å². The summed E-state index contributed by atoms with van der Waals surface area (Å²) < 4.78 is 13.3. The van der Waals surface area contributed by atoms with Gasteiger partial charge in [0.25, 0.3) is 11.8 Å². The summed E-state index contributed by atoms with van der Waals surface area (Å²) in [6.07, 6.45) is 0. The van der Waals surface area contributed by atoms with Crippen molar-refractivity contribution in [3.05, 3.63) is 52.2 Å². The van der Waals surface area contributed by atoms with Crippen molar-refractivity contribution in [2.45, 2.75) is 6.92 Å². The average Bonchev–Trinajstić information content (AvgIpc) is 3.02. The molecule has 28 heavy (non-hydrogen) atoms. The molecule has 2 amide bonds. The summed E-state index contributed by atoms with van der Waals surface area (Å²) in [6.45, 7) is 7.18. The number of halogens is 2. The molecular formula is C19H24ClFN4O2S. The van der Waals surface area contributed by atoms with Crippen LogP contribution in [0.4, 0.5) is 9.39 Å². The highest BCUT2D eigenvalue weighted by atomic mass is 35.5. The van der Waals surface area contributed by atoms with E-state index >= 15 is 0 Å². The minimum Gasteiger partial charge on any atom is -0.350 e. The number of hydrogen-bond donors (Lipinski definition) is 3. The second-order valence-electron chi connectivity index (χ2n) is 6.43. The normalized spacial score (nSPS) is 14.2. The molecule has 0 radical (unpaired) electrons. The number of piperazine rings is 1. The van der Waals surface area contributed by atoms with Crippen molar-refractivity contribution in [2.24, 2.45) is 0 Å². The summed E-state index contributed by atoms with van der Waals surface area (Å²) in [7, 11) is 0. The Kier molecular flexibility index (Phi) is 8.37. The van der Waals surface area contributed by atoms with Gasteiger partial charge in [-0.1, -0.05) is 6.07 Å². The fourth-order valence-corrected chi connectivity index (χ4v) is 3.91. The molecule has 1 fully saturated rings. The van der Waals surface area contributed by atoms with Crippen LogP contribution in [0.2, 0.25) is 0 Å². The zero-order valence-corrected chi connectivity index (χ0v) is 17.2. The number of nitrogens with one attached hydrogen (secondary N) is 3. The highest BCUT2D eigenvalue weighted by Crippen LogP contribution is 2.27. The van der Waals surface area contributed by atoms with Gasteiger partial charge in [0.05, 0.1) is 9.88 Å². The quantitative estimate of drug-likeness (QED) is 0.663. The Hall–Kier alpha value is -2.00. The number of carbonyl (C=O) groups is 2. The summed E-state index contributed by atoms with van der Waals surface area (Å²) >= 11 is 1.22. The van der Waals surface area contributed by atoms with Gasteiger partial charge in [-0.25, -0.2) is 4.39 Å². The predicted molar refractivity (Wildman–Crippen MR) is 112 cm³/mol. The molecule has 6 nitrogen and oxygen atoms in total. The van der Waals surface area contributed by atoms with Crippen molar-refractivity contribution in [3.63, 3.8) is 0 Å². The first-order valence-corrected chi connectivity index (χ1v) is 9.73. The molecule has 3 N–H and O–H groups in total. The largest absolute Gasteiger partial charge is 0.350 e. The summed E-state index contributed by atoms with van der Waals surface area (Å²) in [4.78, 5) is 27.5. The molecule has 1 aromatic carbocycles. The molecule has 0 atom stereocenters. The third-order valence-electron chi connectivity index (χ3n) is 4.37. The van der Waals surface area contributed by atoms with Gasteiger partial charge in [-0.3, -0.25) is 14.5 Å². The maximum atomic E-state index is 13.3. The second-order valence-corrected chi connectivity index (χ2v) is 7.49. The lowest BCUT2D eigenvalue weighted by Gasteiger charge is -2.27. The van der Waals surface area contributed by atoms with Crippen molar-refractivity contribution >= 4 is 40.6 Å². The van der Waals surface area contributed by atoms with Crippen LogP contribution in [0.1, 0.15) is 25.6 Å². The summed E-state index contributed by atoms with van der Waals surface area (Å²) in [5, 5.41) is 9.53. The summed E-state index contributed by atoms with van der Waals surface area (Å²) in [6, 6.07) is 7.26. The molecule has 152 valence electrons. The number of thiophene rings is 1. The fourth-order valence-electron chi connectivity index (χ4n) is 2.93. The molecule has 1 aliphatic heterocycles. The molecule has 0 saturated carbocycles. The molecule has 9 heteroatoms. The lowest BCUT2D eigenvalue weighted by molar-refractivity contribution is 0.0950. The highest BCUT2D eigenvalue weighted by Gasteiger charge is 2.16. The Bertz CT molecular complexity index is 824. The lowest BCUT2D eigenvalue weighted by Crippen LogP contribution is -2.46. The van der Waals surface area contributed by atoms with Crippen molar-refractivity contribution in [2.75, 3.05) is 44.6 Å². The molecule has 1 saturated heterocycles. The Morgan fingerprint density at radius 2 is 1.96 bits per heavy atom. The van der Waals surface area contributed by atoms with E-state index in [9.17, 15) is 14.0 Å². The topological polar surface area (TPSA) is 73.5 Å². The van der Waals surface area contributed by atoms with Gasteiger partial charge in [-0.05, 0) is 36.8 Å². The van der Waals surface area contributed by atoms with E-state index in [4.69, 9.17) is 0 Å². The Balaban J connectivity index is 0.00000280. The van der Waals surface area contributed by atoms with Gasteiger partial charge in [-0.15, -0.1) is 23.7 Å². The molecule has 0 aliphatic carbocycles. The first kappa shape index (κ1) is 22.3. The first-order chi connectivity index (χ1) is 13.0. The van der Waals surface area contributed by atoms with Gasteiger partial charge in [0.15, 0.2) is 0 Å². The summed E-state index contributed by atoms with van der Waals surface area (Å²) in [5.41, 5.74) is 1.04. The van der Waals surface area contributed by atoms with E-state index in [0.717, 1.165) is 38.3 Å². The second kappa shape index (κ2) is 10.5. The third kappa shape index (κ3) is 6.00. The minimum absolute atomic E-state index is 0. The van der Waals surface area contributed by atoms with Crippen LogP contribution in [0.15, 0.2) is 30.3 Å². The van der Waals surface area contributed by atoms with Crippen molar-refractivity contribution < 1.29 is 14.0 Å². The predicted octanol–water partition coefficient (Wildman–Crippen LogP) is 2.50. The molecule has 3 rings (SSSR count). The molecule has 1 aliphatic rings. The van der Waals surface area contributed by atoms with E-state index in [2.05, 4.69) is 20.9 Å². The SMILES string of the molecule is Cc1cc(NC(=O)c2cccc(F)c2)sc1C(=O)NCCN1CCNCC1.Cl. The van der Waals surface area contributed by atoms with E-state index in [1.54, 1.807) is 12.1 Å². The molecular weight excluding hydrogens is 403 g/mol. The van der Waals surface area contributed by atoms with E-state index in [1.807, 2.05) is 6.92 Å². The maximum Gasteiger partial charge on any atom is 0.261 e. The molecule has 2 aromatic rings. The van der Waals surface area contributed by atoms with Crippen LogP contribution < -0.4 is 16.0 Å².